The minimum Gasteiger partial charge on any atom is -0.465 e. The van der Waals surface area contributed by atoms with Gasteiger partial charge in [-0.05, 0) is 91.0 Å². The van der Waals surface area contributed by atoms with Gasteiger partial charge in [0.2, 0.25) is 0 Å². The quantitative estimate of drug-likeness (QED) is 0.141. The number of carbonyl (C=O) groups excluding carboxylic acids is 2. The van der Waals surface area contributed by atoms with Crippen molar-refractivity contribution in [2.75, 3.05) is 14.2 Å². The third-order valence-corrected chi connectivity index (χ3v) is 6.67. The topological polar surface area (TPSA) is 96.8 Å². The summed E-state index contributed by atoms with van der Waals surface area (Å²) >= 11 is 0. The minimum absolute atomic E-state index is 0.382. The Kier molecular flexibility index (Phi) is 9.52. The number of hydrogen-bond donors (Lipinski definition) is 0. The van der Waals surface area contributed by atoms with Crippen LogP contribution in [-0.4, -0.2) is 36.1 Å². The predicted octanol–water partition coefficient (Wildman–Crippen LogP) is 7.59. The lowest BCUT2D eigenvalue weighted by atomic mass is 10.1. The standard InChI is InChI=1S/2C19H13NO3/c1-3-14-10-11-16-17(20-14)8-5-9-18(16)23-15-7-4-6-13(12-15)19(21)22-2;1-3-14-9-12-16-17(20-14)5-4-6-18(16)23-15-10-7-13(8-11-15)19(21)22-2/h2*1,4-12H,2H3. The molecule has 2 heterocycles. The fourth-order valence-electron chi connectivity index (χ4n) is 4.43. The fraction of sp³-hybridized carbons (Fsp3) is 0.0526. The number of terminal acetylenes is 2. The molecule has 0 fully saturated rings. The van der Waals surface area contributed by atoms with Gasteiger partial charge in [0.25, 0.3) is 0 Å². The maximum Gasteiger partial charge on any atom is 0.337 e. The van der Waals surface area contributed by atoms with Crippen molar-refractivity contribution >= 4 is 33.7 Å². The first-order chi connectivity index (χ1) is 22.4. The number of hydrogen-bond acceptors (Lipinski definition) is 8. The fourth-order valence-corrected chi connectivity index (χ4v) is 4.43. The number of benzene rings is 4. The van der Waals surface area contributed by atoms with E-state index in [0.29, 0.717) is 45.5 Å². The number of rotatable bonds is 6. The first-order valence-corrected chi connectivity index (χ1v) is 13.9. The van der Waals surface area contributed by atoms with Gasteiger partial charge in [0.1, 0.15) is 34.4 Å². The van der Waals surface area contributed by atoms with Gasteiger partial charge in [-0.2, -0.15) is 0 Å². The lowest BCUT2D eigenvalue weighted by molar-refractivity contribution is 0.0591. The molecule has 46 heavy (non-hydrogen) atoms. The molecule has 4 aromatic carbocycles. The zero-order chi connectivity index (χ0) is 32.5. The molecule has 0 atom stereocenters. The molecule has 0 spiro atoms. The maximum absolute atomic E-state index is 11.6. The Morgan fingerprint density at radius 2 is 1.07 bits per heavy atom. The lowest BCUT2D eigenvalue weighted by Crippen LogP contribution is -2.00. The Bertz CT molecular complexity index is 2140. The summed E-state index contributed by atoms with van der Waals surface area (Å²) < 4.78 is 21.2. The summed E-state index contributed by atoms with van der Waals surface area (Å²) in [6, 6.07) is 32.0. The molecule has 8 nitrogen and oxygen atoms in total. The predicted molar refractivity (Wildman–Crippen MR) is 175 cm³/mol. The number of carbonyl (C=O) groups is 2. The van der Waals surface area contributed by atoms with Crippen molar-refractivity contribution in [2.24, 2.45) is 0 Å². The second-order valence-corrected chi connectivity index (χ2v) is 9.57. The number of pyridine rings is 2. The van der Waals surface area contributed by atoms with E-state index in [1.807, 2.05) is 48.5 Å². The molecule has 0 aliphatic carbocycles. The van der Waals surface area contributed by atoms with Crippen LogP contribution in [0.25, 0.3) is 21.8 Å². The first kappa shape index (κ1) is 30.8. The van der Waals surface area contributed by atoms with Crippen LogP contribution in [-0.2, 0) is 9.47 Å². The third-order valence-electron chi connectivity index (χ3n) is 6.67. The van der Waals surface area contributed by atoms with E-state index in [0.717, 1.165) is 21.8 Å². The highest BCUT2D eigenvalue weighted by atomic mass is 16.5. The Balaban J connectivity index is 0.000000181. The largest absolute Gasteiger partial charge is 0.465 e. The number of ether oxygens (including phenoxy) is 4. The first-order valence-electron chi connectivity index (χ1n) is 13.9. The van der Waals surface area contributed by atoms with Gasteiger partial charge in [-0.15, -0.1) is 12.8 Å². The van der Waals surface area contributed by atoms with E-state index in [1.165, 1.54) is 14.2 Å². The molecule has 0 saturated carbocycles. The molecule has 6 rings (SSSR count). The van der Waals surface area contributed by atoms with E-state index in [2.05, 4.69) is 26.5 Å². The van der Waals surface area contributed by atoms with Crippen molar-refractivity contribution in [3.8, 4) is 47.7 Å². The summed E-state index contributed by atoms with van der Waals surface area (Å²) in [6.45, 7) is 0. The third kappa shape index (κ3) is 7.11. The number of methoxy groups -OCH3 is 2. The van der Waals surface area contributed by atoms with Crippen molar-refractivity contribution in [1.29, 1.82) is 0 Å². The minimum atomic E-state index is -0.409. The van der Waals surface area contributed by atoms with E-state index >= 15 is 0 Å². The molecular formula is C38H26N2O6. The van der Waals surface area contributed by atoms with Crippen LogP contribution in [0.4, 0.5) is 0 Å². The van der Waals surface area contributed by atoms with Crippen LogP contribution in [0.2, 0.25) is 0 Å². The van der Waals surface area contributed by atoms with Crippen LogP contribution in [0.1, 0.15) is 32.1 Å². The maximum atomic E-state index is 11.6. The molecule has 0 aliphatic heterocycles. The monoisotopic (exact) mass is 606 g/mol. The summed E-state index contributed by atoms with van der Waals surface area (Å²) in [5, 5.41) is 1.71. The molecule has 0 unspecified atom stereocenters. The van der Waals surface area contributed by atoms with Crippen LogP contribution in [0.3, 0.4) is 0 Å². The van der Waals surface area contributed by atoms with Crippen LogP contribution < -0.4 is 9.47 Å². The normalized spacial score (nSPS) is 10.1. The highest BCUT2D eigenvalue weighted by Gasteiger charge is 2.10. The van der Waals surface area contributed by atoms with Crippen molar-refractivity contribution in [3.63, 3.8) is 0 Å². The molecule has 0 saturated heterocycles. The molecule has 6 aromatic rings. The average molecular weight is 607 g/mol. The molecular weight excluding hydrogens is 580 g/mol. The Morgan fingerprint density at radius 1 is 0.565 bits per heavy atom. The van der Waals surface area contributed by atoms with Crippen LogP contribution in [0.5, 0.6) is 23.0 Å². The number of nitrogens with zero attached hydrogens (tertiary/aromatic N) is 2. The van der Waals surface area contributed by atoms with Gasteiger partial charge in [-0.1, -0.05) is 30.0 Å². The van der Waals surface area contributed by atoms with Gasteiger partial charge in [-0.3, -0.25) is 0 Å². The van der Waals surface area contributed by atoms with Gasteiger partial charge in [0, 0.05) is 10.8 Å². The van der Waals surface area contributed by atoms with Gasteiger partial charge in [-0.25, -0.2) is 19.6 Å². The molecule has 0 N–H and O–H groups in total. The SMILES string of the molecule is C#Cc1ccc2c(Oc3ccc(C(=O)OC)cc3)cccc2n1.C#Cc1ccc2c(Oc3cccc(C(=O)OC)c3)cccc2n1. The molecule has 0 bridgehead atoms. The molecule has 2 aromatic heterocycles. The average Bonchev–Trinajstić information content (AvgIpc) is 3.11. The Labute approximate surface area is 265 Å². The van der Waals surface area contributed by atoms with Gasteiger partial charge >= 0.3 is 11.9 Å². The van der Waals surface area contributed by atoms with E-state index in [1.54, 1.807) is 60.7 Å². The van der Waals surface area contributed by atoms with E-state index in [9.17, 15) is 9.59 Å². The van der Waals surface area contributed by atoms with Crippen molar-refractivity contribution in [3.05, 3.63) is 132 Å². The second kappa shape index (κ2) is 14.2. The number of fused-ring (bicyclic) bond motifs is 2. The van der Waals surface area contributed by atoms with Crippen LogP contribution in [0, 0.1) is 24.7 Å². The lowest BCUT2D eigenvalue weighted by Gasteiger charge is -2.09. The van der Waals surface area contributed by atoms with Crippen LogP contribution in [0.15, 0.2) is 109 Å². The number of aromatic nitrogens is 2. The molecule has 8 heteroatoms. The second-order valence-electron chi connectivity index (χ2n) is 9.57. The Hall–Kier alpha value is -6.64. The molecule has 0 radical (unpaired) electrons. The van der Waals surface area contributed by atoms with Gasteiger partial charge in [0.15, 0.2) is 0 Å². The molecule has 224 valence electrons. The smallest absolute Gasteiger partial charge is 0.337 e. The van der Waals surface area contributed by atoms with Crippen LogP contribution >= 0.6 is 0 Å². The van der Waals surface area contributed by atoms with Gasteiger partial charge < -0.3 is 18.9 Å². The summed E-state index contributed by atoms with van der Waals surface area (Å²) in [7, 11) is 2.69. The summed E-state index contributed by atoms with van der Waals surface area (Å²) in [5.74, 6) is 6.71. The van der Waals surface area contributed by atoms with E-state index < -0.39 is 5.97 Å². The van der Waals surface area contributed by atoms with Crippen molar-refractivity contribution < 1.29 is 28.5 Å². The summed E-state index contributed by atoms with van der Waals surface area (Å²) in [4.78, 5) is 31.8. The Morgan fingerprint density at radius 3 is 1.59 bits per heavy atom. The zero-order valence-corrected chi connectivity index (χ0v) is 24.9. The van der Waals surface area contributed by atoms with Crippen molar-refractivity contribution in [1.82, 2.24) is 9.97 Å². The number of esters is 2. The van der Waals surface area contributed by atoms with Gasteiger partial charge in [0.05, 0.1) is 36.4 Å². The summed E-state index contributed by atoms with van der Waals surface area (Å²) in [6.07, 6.45) is 10.7. The zero-order valence-electron chi connectivity index (χ0n) is 24.9. The van der Waals surface area contributed by atoms with E-state index in [-0.39, 0.29) is 5.97 Å². The summed E-state index contributed by atoms with van der Waals surface area (Å²) in [5.41, 5.74) is 3.57. The highest BCUT2D eigenvalue weighted by Crippen LogP contribution is 2.31. The highest BCUT2D eigenvalue weighted by molar-refractivity contribution is 5.90. The molecule has 0 amide bonds. The van der Waals surface area contributed by atoms with Crippen molar-refractivity contribution in [2.45, 2.75) is 0 Å². The van der Waals surface area contributed by atoms with E-state index in [4.69, 9.17) is 27.1 Å². The molecule has 0 aliphatic rings.